The number of amides is 2. The lowest BCUT2D eigenvalue weighted by atomic mass is 9.88. The van der Waals surface area contributed by atoms with Gasteiger partial charge >= 0.3 is 5.97 Å². The Hall–Kier alpha value is -4.83. The minimum Gasteiger partial charge on any atom is -0.452 e. The fourth-order valence-corrected chi connectivity index (χ4v) is 6.86. The first-order chi connectivity index (χ1) is 20.3. The monoisotopic (exact) mass is 579 g/mol. The molecule has 10 heteroatoms. The molecular formula is C32H29N5O4S. The van der Waals surface area contributed by atoms with Crippen molar-refractivity contribution in [1.29, 1.82) is 0 Å². The van der Waals surface area contributed by atoms with Crippen molar-refractivity contribution in [3.05, 3.63) is 94.0 Å². The van der Waals surface area contributed by atoms with Crippen molar-refractivity contribution in [2.24, 2.45) is 11.7 Å². The molecule has 3 aromatic heterocycles. The van der Waals surface area contributed by atoms with Crippen molar-refractivity contribution in [2.75, 3.05) is 11.9 Å². The van der Waals surface area contributed by atoms with Crippen LogP contribution in [0.4, 0.5) is 5.00 Å². The van der Waals surface area contributed by atoms with Gasteiger partial charge in [0.05, 0.1) is 33.6 Å². The predicted octanol–water partition coefficient (Wildman–Crippen LogP) is 5.48. The maximum atomic E-state index is 13.5. The molecule has 0 saturated heterocycles. The second-order valence-corrected chi connectivity index (χ2v) is 11.6. The Morgan fingerprint density at radius 3 is 2.52 bits per heavy atom. The summed E-state index contributed by atoms with van der Waals surface area (Å²) in [4.78, 5) is 44.7. The number of thiophene rings is 1. The summed E-state index contributed by atoms with van der Waals surface area (Å²) < 4.78 is 7.22. The number of pyridine rings is 1. The maximum absolute atomic E-state index is 13.5. The van der Waals surface area contributed by atoms with E-state index >= 15 is 0 Å². The van der Waals surface area contributed by atoms with Crippen molar-refractivity contribution in [3.63, 3.8) is 0 Å². The molecule has 0 saturated carbocycles. The molecule has 1 aliphatic rings. The number of fused-ring (bicyclic) bond motifs is 2. The van der Waals surface area contributed by atoms with Gasteiger partial charge in [-0.05, 0) is 55.9 Å². The molecule has 2 amide bonds. The summed E-state index contributed by atoms with van der Waals surface area (Å²) in [6, 6.07) is 20.7. The third-order valence-electron chi connectivity index (χ3n) is 7.45. The Balaban J connectivity index is 1.30. The molecule has 9 nitrogen and oxygen atoms in total. The molecule has 6 rings (SSSR count). The quantitative estimate of drug-likeness (QED) is 0.246. The molecule has 3 heterocycles. The van der Waals surface area contributed by atoms with Crippen LogP contribution in [0, 0.1) is 12.8 Å². The summed E-state index contributed by atoms with van der Waals surface area (Å²) in [5.41, 5.74) is 10.5. The fourth-order valence-electron chi connectivity index (χ4n) is 5.43. The Bertz CT molecular complexity index is 1830. The van der Waals surface area contributed by atoms with Gasteiger partial charge in [0.1, 0.15) is 5.00 Å². The molecule has 1 aliphatic carbocycles. The van der Waals surface area contributed by atoms with Crippen LogP contribution in [0.1, 0.15) is 50.2 Å². The Labute approximate surface area is 246 Å². The minimum atomic E-state index is -0.681. The molecule has 3 N–H and O–H groups in total. The van der Waals surface area contributed by atoms with Gasteiger partial charge in [0.2, 0.25) is 0 Å². The summed E-state index contributed by atoms with van der Waals surface area (Å²) in [6.07, 6.45) is 2.54. The van der Waals surface area contributed by atoms with Gasteiger partial charge in [0.25, 0.3) is 11.8 Å². The Morgan fingerprint density at radius 1 is 1.10 bits per heavy atom. The smallest absolute Gasteiger partial charge is 0.339 e. The van der Waals surface area contributed by atoms with Crippen molar-refractivity contribution < 1.29 is 19.1 Å². The van der Waals surface area contributed by atoms with Gasteiger partial charge in [-0.2, -0.15) is 5.10 Å². The van der Waals surface area contributed by atoms with E-state index in [0.717, 1.165) is 41.0 Å². The molecular weight excluding hydrogens is 550 g/mol. The lowest BCUT2D eigenvalue weighted by Gasteiger charge is -2.18. The summed E-state index contributed by atoms with van der Waals surface area (Å²) in [6.45, 7) is 3.43. The number of ether oxygens (including phenoxy) is 1. The zero-order valence-corrected chi connectivity index (χ0v) is 24.0. The zero-order valence-electron chi connectivity index (χ0n) is 23.2. The van der Waals surface area contributed by atoms with Crippen LogP contribution in [0.15, 0.2) is 66.7 Å². The number of benzene rings is 2. The maximum Gasteiger partial charge on any atom is 0.339 e. The highest BCUT2D eigenvalue weighted by Crippen LogP contribution is 2.39. The minimum absolute atomic E-state index is 0.254. The lowest BCUT2D eigenvalue weighted by molar-refractivity contribution is -0.119. The number of hydrogen-bond acceptors (Lipinski definition) is 7. The second kappa shape index (κ2) is 11.2. The van der Waals surface area contributed by atoms with E-state index in [9.17, 15) is 14.4 Å². The van der Waals surface area contributed by atoms with Gasteiger partial charge in [-0.25, -0.2) is 14.5 Å². The summed E-state index contributed by atoms with van der Waals surface area (Å²) in [5, 5.41) is 8.38. The summed E-state index contributed by atoms with van der Waals surface area (Å²) in [5.74, 6) is -1.32. The van der Waals surface area contributed by atoms with Gasteiger partial charge in [-0.15, -0.1) is 11.3 Å². The number of hydrogen-bond donors (Lipinski definition) is 2. The first kappa shape index (κ1) is 27.3. The number of carbonyl (C=O) groups is 3. The Morgan fingerprint density at radius 2 is 1.81 bits per heavy atom. The van der Waals surface area contributed by atoms with Crippen molar-refractivity contribution >= 4 is 45.2 Å². The van der Waals surface area contributed by atoms with Crippen LogP contribution in [-0.4, -0.2) is 39.2 Å². The van der Waals surface area contributed by atoms with Gasteiger partial charge in [-0.3, -0.25) is 9.59 Å². The van der Waals surface area contributed by atoms with Crippen LogP contribution < -0.4 is 11.1 Å². The molecule has 0 spiro atoms. The number of anilines is 1. The molecule has 212 valence electrons. The molecule has 0 fully saturated rings. The standard InChI is InChI=1S/C32H29N5O4S/c1-18-13-14-22-25(15-18)42-31(28(22)29(33)39)35-26(38)17-41-32(40)23-16-24(20-9-5-3-6-10-20)34-30-27(23)19(2)36-37(30)21-11-7-4-8-12-21/h3-12,16,18H,13-15,17H2,1-2H3,(H2,33,39)(H,35,38). The molecule has 0 radical (unpaired) electrons. The Kier molecular flexibility index (Phi) is 7.30. The van der Waals surface area contributed by atoms with E-state index in [1.54, 1.807) is 17.7 Å². The number of carbonyl (C=O) groups excluding carboxylic acids is 3. The second-order valence-electron chi connectivity index (χ2n) is 10.5. The summed E-state index contributed by atoms with van der Waals surface area (Å²) >= 11 is 1.36. The van der Waals surface area contributed by atoms with Crippen LogP contribution in [-0.2, 0) is 22.4 Å². The third kappa shape index (κ3) is 5.16. The van der Waals surface area contributed by atoms with Crippen molar-refractivity contribution in [3.8, 4) is 16.9 Å². The highest BCUT2D eigenvalue weighted by atomic mass is 32.1. The first-order valence-electron chi connectivity index (χ1n) is 13.7. The number of esters is 1. The number of aromatic nitrogens is 3. The van der Waals surface area contributed by atoms with Crippen LogP contribution >= 0.6 is 11.3 Å². The number of nitrogens with one attached hydrogen (secondary N) is 1. The molecule has 2 aromatic carbocycles. The highest BCUT2D eigenvalue weighted by molar-refractivity contribution is 7.17. The van der Waals surface area contributed by atoms with Crippen LogP contribution in [0.5, 0.6) is 0 Å². The number of nitrogens with two attached hydrogens (primary N) is 1. The van der Waals surface area contributed by atoms with Gasteiger partial charge in [0.15, 0.2) is 12.3 Å². The van der Waals surface area contributed by atoms with Gasteiger partial charge < -0.3 is 15.8 Å². The highest BCUT2D eigenvalue weighted by Gasteiger charge is 2.28. The SMILES string of the molecule is Cc1nn(-c2ccccc2)c2nc(-c3ccccc3)cc(C(=O)OCC(=O)Nc3sc4c(c3C(N)=O)CCC(C)C4)c12. The van der Waals surface area contributed by atoms with E-state index in [-0.39, 0.29) is 5.56 Å². The van der Waals surface area contributed by atoms with E-state index in [1.807, 2.05) is 60.7 Å². The lowest BCUT2D eigenvalue weighted by Crippen LogP contribution is -2.23. The largest absolute Gasteiger partial charge is 0.452 e. The first-order valence-corrected chi connectivity index (χ1v) is 14.5. The molecule has 1 unspecified atom stereocenters. The zero-order chi connectivity index (χ0) is 29.4. The molecule has 0 aliphatic heterocycles. The molecule has 1 atom stereocenters. The molecule has 5 aromatic rings. The fraction of sp³-hybridized carbons (Fsp3) is 0.219. The van der Waals surface area contributed by atoms with Gasteiger partial charge in [-0.1, -0.05) is 55.5 Å². The third-order valence-corrected chi connectivity index (χ3v) is 8.62. The summed E-state index contributed by atoms with van der Waals surface area (Å²) in [7, 11) is 0. The van der Waals surface area contributed by atoms with E-state index < -0.39 is 24.4 Å². The van der Waals surface area contributed by atoms with Crippen molar-refractivity contribution in [1.82, 2.24) is 14.8 Å². The van der Waals surface area contributed by atoms with Crippen LogP contribution in [0.2, 0.25) is 0 Å². The topological polar surface area (TPSA) is 129 Å². The number of para-hydroxylation sites is 1. The van der Waals surface area contributed by atoms with E-state index in [2.05, 4.69) is 17.3 Å². The number of primary amides is 1. The van der Waals surface area contributed by atoms with Crippen LogP contribution in [0.3, 0.4) is 0 Å². The number of aryl methyl sites for hydroxylation is 1. The normalized spacial score (nSPS) is 14.4. The van der Waals surface area contributed by atoms with Crippen LogP contribution in [0.25, 0.3) is 28.0 Å². The van der Waals surface area contributed by atoms with Crippen molar-refractivity contribution in [2.45, 2.75) is 33.1 Å². The molecule has 42 heavy (non-hydrogen) atoms. The number of nitrogens with zero attached hydrogens (tertiary/aromatic N) is 3. The number of rotatable bonds is 7. The average Bonchev–Trinajstić information content (AvgIpc) is 3.52. The molecule has 0 bridgehead atoms. The predicted molar refractivity (Wildman–Crippen MR) is 162 cm³/mol. The van der Waals surface area contributed by atoms with E-state index in [4.69, 9.17) is 15.5 Å². The van der Waals surface area contributed by atoms with Gasteiger partial charge in [0, 0.05) is 10.4 Å². The van der Waals surface area contributed by atoms with E-state index in [1.165, 1.54) is 11.3 Å². The average molecular weight is 580 g/mol. The van der Waals surface area contributed by atoms with E-state index in [0.29, 0.717) is 38.9 Å².